The van der Waals surface area contributed by atoms with Gasteiger partial charge in [0.15, 0.2) is 0 Å². The van der Waals surface area contributed by atoms with Gasteiger partial charge < -0.3 is 14.8 Å². The number of rotatable bonds is 9. The Balaban J connectivity index is 1.62. The van der Waals surface area contributed by atoms with Crippen molar-refractivity contribution in [1.29, 1.82) is 0 Å². The molecule has 1 aliphatic rings. The minimum atomic E-state index is 0.0684. The van der Waals surface area contributed by atoms with E-state index in [4.69, 9.17) is 9.47 Å². The normalized spacial score (nSPS) is 15.4. The maximum Gasteiger partial charge on any atom is 0.220 e. The van der Waals surface area contributed by atoms with E-state index in [0.29, 0.717) is 19.4 Å². The lowest BCUT2D eigenvalue weighted by atomic mass is 10.0. The van der Waals surface area contributed by atoms with E-state index in [2.05, 4.69) is 32.2 Å². The number of aryl methyl sites for hydroxylation is 1. The Morgan fingerprint density at radius 2 is 1.80 bits per heavy atom. The van der Waals surface area contributed by atoms with Gasteiger partial charge in [0.2, 0.25) is 5.91 Å². The maximum atomic E-state index is 12.6. The SMILES string of the molecule is COc1ccc(CCC(=O)NCC(c2ccccc2OC)N2CCCCC2)cc1Br. The molecule has 3 rings (SSSR count). The molecule has 1 N–H and O–H groups in total. The fourth-order valence-electron chi connectivity index (χ4n) is 4.03. The van der Waals surface area contributed by atoms with Gasteiger partial charge in [-0.25, -0.2) is 0 Å². The Kier molecular flexibility index (Phi) is 8.58. The van der Waals surface area contributed by atoms with Gasteiger partial charge in [-0.3, -0.25) is 9.69 Å². The summed E-state index contributed by atoms with van der Waals surface area (Å²) in [6, 6.07) is 14.2. The molecule has 30 heavy (non-hydrogen) atoms. The second kappa shape index (κ2) is 11.4. The third kappa shape index (κ3) is 5.99. The molecule has 0 aromatic heterocycles. The molecular formula is C24H31BrN2O3. The smallest absolute Gasteiger partial charge is 0.220 e. The summed E-state index contributed by atoms with van der Waals surface area (Å²) in [5.41, 5.74) is 2.25. The van der Waals surface area contributed by atoms with Crippen molar-refractivity contribution in [2.24, 2.45) is 0 Å². The second-order valence-electron chi connectivity index (χ2n) is 7.63. The van der Waals surface area contributed by atoms with Crippen molar-refractivity contribution in [2.45, 2.75) is 38.1 Å². The molecule has 1 unspecified atom stereocenters. The highest BCUT2D eigenvalue weighted by molar-refractivity contribution is 9.10. The van der Waals surface area contributed by atoms with Gasteiger partial charge in [-0.05, 0) is 72.0 Å². The molecule has 2 aromatic carbocycles. The molecule has 0 spiro atoms. The standard InChI is InChI=1S/C24H31BrN2O3/c1-29-22-9-5-4-8-19(22)21(27-14-6-3-7-15-27)17-26-24(28)13-11-18-10-12-23(30-2)20(25)16-18/h4-5,8-10,12,16,21H,3,6-7,11,13-15,17H2,1-2H3,(H,26,28). The first-order valence-electron chi connectivity index (χ1n) is 10.6. The molecule has 0 bridgehead atoms. The number of carbonyl (C=O) groups is 1. The van der Waals surface area contributed by atoms with Crippen LogP contribution in [0.4, 0.5) is 0 Å². The lowest BCUT2D eigenvalue weighted by Gasteiger charge is -2.35. The zero-order valence-electron chi connectivity index (χ0n) is 17.8. The summed E-state index contributed by atoms with van der Waals surface area (Å²) in [7, 11) is 3.35. The van der Waals surface area contributed by atoms with Gasteiger partial charge >= 0.3 is 0 Å². The van der Waals surface area contributed by atoms with Crippen LogP contribution in [0.15, 0.2) is 46.9 Å². The average Bonchev–Trinajstić information content (AvgIpc) is 2.79. The zero-order valence-corrected chi connectivity index (χ0v) is 19.4. The number of amides is 1. The summed E-state index contributed by atoms with van der Waals surface area (Å²) >= 11 is 3.50. The number of ether oxygens (including phenoxy) is 2. The fraction of sp³-hybridized carbons (Fsp3) is 0.458. The van der Waals surface area contributed by atoms with Crippen LogP contribution in [0.1, 0.15) is 42.9 Å². The number of methoxy groups -OCH3 is 2. The number of nitrogens with zero attached hydrogens (tertiary/aromatic N) is 1. The first kappa shape index (κ1) is 22.6. The van der Waals surface area contributed by atoms with Crippen LogP contribution < -0.4 is 14.8 Å². The number of para-hydroxylation sites is 1. The molecule has 5 nitrogen and oxygen atoms in total. The summed E-state index contributed by atoms with van der Waals surface area (Å²) in [5, 5.41) is 3.16. The van der Waals surface area contributed by atoms with Gasteiger partial charge in [0.25, 0.3) is 0 Å². The number of benzene rings is 2. The predicted molar refractivity (Wildman–Crippen MR) is 123 cm³/mol. The number of hydrogen-bond acceptors (Lipinski definition) is 4. The van der Waals surface area contributed by atoms with Crippen LogP contribution in [-0.4, -0.2) is 44.7 Å². The highest BCUT2D eigenvalue weighted by Crippen LogP contribution is 2.31. The molecule has 1 saturated heterocycles. The summed E-state index contributed by atoms with van der Waals surface area (Å²) in [5.74, 6) is 1.74. The summed E-state index contributed by atoms with van der Waals surface area (Å²) < 4.78 is 11.8. The third-order valence-electron chi connectivity index (χ3n) is 5.68. The number of likely N-dealkylation sites (tertiary alicyclic amines) is 1. The van der Waals surface area contributed by atoms with Gasteiger partial charge in [0, 0.05) is 18.5 Å². The van der Waals surface area contributed by atoms with Gasteiger partial charge in [0.1, 0.15) is 11.5 Å². The van der Waals surface area contributed by atoms with Crippen LogP contribution >= 0.6 is 15.9 Å². The molecule has 6 heteroatoms. The largest absolute Gasteiger partial charge is 0.496 e. The van der Waals surface area contributed by atoms with Crippen molar-refractivity contribution in [3.63, 3.8) is 0 Å². The molecule has 1 atom stereocenters. The first-order valence-corrected chi connectivity index (χ1v) is 11.4. The Labute approximate surface area is 187 Å². The zero-order chi connectivity index (χ0) is 21.3. The van der Waals surface area contributed by atoms with Gasteiger partial charge in [0.05, 0.1) is 24.7 Å². The van der Waals surface area contributed by atoms with E-state index in [1.54, 1.807) is 14.2 Å². The van der Waals surface area contributed by atoms with Gasteiger partial charge in [-0.2, -0.15) is 0 Å². The van der Waals surface area contributed by atoms with Crippen molar-refractivity contribution in [1.82, 2.24) is 10.2 Å². The molecular weight excluding hydrogens is 444 g/mol. The van der Waals surface area contributed by atoms with Crippen molar-refractivity contribution in [3.8, 4) is 11.5 Å². The van der Waals surface area contributed by atoms with Crippen LogP contribution in [0.25, 0.3) is 0 Å². The van der Waals surface area contributed by atoms with Crippen LogP contribution in [0.3, 0.4) is 0 Å². The molecule has 1 heterocycles. The monoisotopic (exact) mass is 474 g/mol. The molecule has 0 radical (unpaired) electrons. The minimum absolute atomic E-state index is 0.0684. The van der Waals surface area contributed by atoms with Gasteiger partial charge in [-0.15, -0.1) is 0 Å². The minimum Gasteiger partial charge on any atom is -0.496 e. The van der Waals surface area contributed by atoms with E-state index < -0.39 is 0 Å². The van der Waals surface area contributed by atoms with E-state index >= 15 is 0 Å². The first-order chi connectivity index (χ1) is 14.6. The van der Waals surface area contributed by atoms with Crippen LogP contribution in [-0.2, 0) is 11.2 Å². The number of piperidine rings is 1. The van der Waals surface area contributed by atoms with E-state index in [9.17, 15) is 4.79 Å². The highest BCUT2D eigenvalue weighted by Gasteiger charge is 2.25. The maximum absolute atomic E-state index is 12.6. The fourth-order valence-corrected chi connectivity index (χ4v) is 4.62. The lowest BCUT2D eigenvalue weighted by molar-refractivity contribution is -0.121. The van der Waals surface area contributed by atoms with E-state index in [0.717, 1.165) is 40.2 Å². The molecule has 2 aromatic rings. The summed E-state index contributed by atoms with van der Waals surface area (Å²) in [4.78, 5) is 15.1. The van der Waals surface area contributed by atoms with Crippen LogP contribution in [0, 0.1) is 0 Å². The molecule has 1 fully saturated rings. The molecule has 0 saturated carbocycles. The molecule has 1 amide bonds. The number of halogens is 1. The Morgan fingerprint density at radius 3 is 2.50 bits per heavy atom. The van der Waals surface area contributed by atoms with Crippen molar-refractivity contribution in [3.05, 3.63) is 58.1 Å². The van der Waals surface area contributed by atoms with E-state index in [-0.39, 0.29) is 11.9 Å². The Hall–Kier alpha value is -2.05. The average molecular weight is 475 g/mol. The van der Waals surface area contributed by atoms with Crippen LogP contribution in [0.5, 0.6) is 11.5 Å². The highest BCUT2D eigenvalue weighted by atomic mass is 79.9. The van der Waals surface area contributed by atoms with E-state index in [1.165, 1.54) is 19.3 Å². The summed E-state index contributed by atoms with van der Waals surface area (Å²) in [6.07, 6.45) is 4.83. The Bertz CT molecular complexity index is 837. The third-order valence-corrected chi connectivity index (χ3v) is 6.30. The van der Waals surface area contributed by atoms with Gasteiger partial charge in [-0.1, -0.05) is 30.7 Å². The topological polar surface area (TPSA) is 50.8 Å². The molecule has 0 aliphatic carbocycles. The van der Waals surface area contributed by atoms with Crippen LogP contribution in [0.2, 0.25) is 0 Å². The van der Waals surface area contributed by atoms with Crippen molar-refractivity contribution >= 4 is 21.8 Å². The lowest BCUT2D eigenvalue weighted by Crippen LogP contribution is -2.40. The van der Waals surface area contributed by atoms with Crippen molar-refractivity contribution in [2.75, 3.05) is 33.9 Å². The predicted octanol–water partition coefficient (Wildman–Crippen LogP) is 4.74. The Morgan fingerprint density at radius 1 is 1.07 bits per heavy atom. The van der Waals surface area contributed by atoms with E-state index in [1.807, 2.05) is 36.4 Å². The van der Waals surface area contributed by atoms with Crippen molar-refractivity contribution < 1.29 is 14.3 Å². The second-order valence-corrected chi connectivity index (χ2v) is 8.48. The molecule has 162 valence electrons. The number of carbonyl (C=O) groups excluding carboxylic acids is 1. The number of nitrogens with one attached hydrogen (secondary N) is 1. The molecule has 1 aliphatic heterocycles. The quantitative estimate of drug-likeness (QED) is 0.569. The number of hydrogen-bond donors (Lipinski definition) is 1. The summed E-state index contributed by atoms with van der Waals surface area (Å²) in [6.45, 7) is 2.70.